The number of hydrogen-bond donors (Lipinski definition) is 2. The molecule has 8 heteroatoms. The molecule has 0 bridgehead atoms. The van der Waals surface area contributed by atoms with E-state index in [1.54, 1.807) is 24.3 Å². The summed E-state index contributed by atoms with van der Waals surface area (Å²) in [5, 5.41) is 5.44. The Labute approximate surface area is 184 Å². The fourth-order valence-corrected chi connectivity index (χ4v) is 4.02. The van der Waals surface area contributed by atoms with E-state index in [0.29, 0.717) is 35.5 Å². The number of amides is 2. The topological polar surface area (TPSA) is 102 Å². The van der Waals surface area contributed by atoms with Crippen molar-refractivity contribution < 1.29 is 9.59 Å². The van der Waals surface area contributed by atoms with Gasteiger partial charge in [-0.15, -0.1) is 0 Å². The normalized spacial score (nSPS) is 12.3. The summed E-state index contributed by atoms with van der Waals surface area (Å²) in [5.41, 5.74) is 2.55. The van der Waals surface area contributed by atoms with Crippen molar-refractivity contribution in [3.63, 3.8) is 0 Å². The van der Waals surface area contributed by atoms with E-state index < -0.39 is 5.69 Å². The number of rotatable bonds is 6. The fourth-order valence-electron chi connectivity index (χ4n) is 4.02. The van der Waals surface area contributed by atoms with Gasteiger partial charge in [0, 0.05) is 29.6 Å². The molecule has 8 nitrogen and oxygen atoms in total. The largest absolute Gasteiger partial charge is 0.331 e. The van der Waals surface area contributed by atoms with Crippen LogP contribution in [0.15, 0.2) is 64.2 Å². The number of carbonyl (C=O) groups excluding carboxylic acids is 2. The number of anilines is 2. The van der Waals surface area contributed by atoms with Crippen molar-refractivity contribution in [2.75, 3.05) is 10.6 Å². The molecule has 2 N–H and O–H groups in total. The molecular weight excluding hydrogens is 408 g/mol. The van der Waals surface area contributed by atoms with E-state index in [2.05, 4.69) is 10.6 Å². The van der Waals surface area contributed by atoms with Crippen LogP contribution in [0, 0.1) is 0 Å². The van der Waals surface area contributed by atoms with E-state index in [1.165, 1.54) is 16.1 Å². The number of fused-ring (bicyclic) bond motifs is 1. The highest BCUT2D eigenvalue weighted by Crippen LogP contribution is 2.18. The van der Waals surface area contributed by atoms with Gasteiger partial charge in [-0.1, -0.05) is 30.3 Å². The van der Waals surface area contributed by atoms with Crippen LogP contribution in [-0.2, 0) is 35.5 Å². The molecule has 0 spiro atoms. The van der Waals surface area contributed by atoms with Crippen molar-refractivity contribution >= 4 is 23.2 Å². The smallest absolute Gasteiger partial charge is 0.326 e. The lowest BCUT2D eigenvalue weighted by Crippen LogP contribution is -2.44. The van der Waals surface area contributed by atoms with Crippen molar-refractivity contribution in [2.45, 2.75) is 39.3 Å². The van der Waals surface area contributed by atoms with E-state index in [9.17, 15) is 19.2 Å². The molecule has 0 saturated carbocycles. The number of carbonyl (C=O) groups is 2. The molecule has 32 heavy (non-hydrogen) atoms. The Morgan fingerprint density at radius 1 is 0.875 bits per heavy atom. The maximum absolute atomic E-state index is 13.2. The van der Waals surface area contributed by atoms with Crippen molar-refractivity contribution in [2.24, 2.45) is 0 Å². The molecule has 0 atom stereocenters. The quantitative estimate of drug-likeness (QED) is 0.623. The molecule has 4 rings (SSSR count). The van der Waals surface area contributed by atoms with Crippen LogP contribution >= 0.6 is 0 Å². The maximum atomic E-state index is 13.2. The Bertz CT molecular complexity index is 1270. The molecule has 0 saturated heterocycles. The second-order valence-electron chi connectivity index (χ2n) is 7.83. The van der Waals surface area contributed by atoms with Crippen LogP contribution in [0.3, 0.4) is 0 Å². The molecule has 0 unspecified atom stereocenters. The number of nitrogens with one attached hydrogen (secondary N) is 2. The Morgan fingerprint density at radius 3 is 2.19 bits per heavy atom. The zero-order chi connectivity index (χ0) is 22.7. The Balaban J connectivity index is 1.59. The molecule has 0 fully saturated rings. The third kappa shape index (κ3) is 4.54. The number of benzene rings is 2. The van der Waals surface area contributed by atoms with Gasteiger partial charge < -0.3 is 10.6 Å². The van der Waals surface area contributed by atoms with Crippen molar-refractivity contribution in [1.29, 1.82) is 0 Å². The van der Waals surface area contributed by atoms with Gasteiger partial charge >= 0.3 is 5.69 Å². The van der Waals surface area contributed by atoms with Crippen molar-refractivity contribution in [1.82, 2.24) is 9.13 Å². The van der Waals surface area contributed by atoms with Crippen LogP contribution < -0.4 is 21.9 Å². The number of nitrogens with zero attached hydrogens (tertiary/aromatic N) is 2. The highest BCUT2D eigenvalue weighted by molar-refractivity contribution is 5.92. The van der Waals surface area contributed by atoms with Gasteiger partial charge in [0.25, 0.3) is 5.56 Å². The standard InChI is InChI=1S/C24H24N4O4/c1-16(29)25-18-10-12-19(13-11-18)26-22(30)15-27-21-9-5-8-20(21)23(31)28(24(27)32)14-17-6-3-2-4-7-17/h2-4,6-7,10-13H,5,8-9,14-15H2,1H3,(H,25,29)(H,26,30). The summed E-state index contributed by atoms with van der Waals surface area (Å²) in [6.45, 7) is 1.41. The summed E-state index contributed by atoms with van der Waals surface area (Å²) < 4.78 is 2.64. The van der Waals surface area contributed by atoms with Crippen LogP contribution in [0.25, 0.3) is 0 Å². The average Bonchev–Trinajstić information content (AvgIpc) is 3.26. The average molecular weight is 432 g/mol. The summed E-state index contributed by atoms with van der Waals surface area (Å²) in [4.78, 5) is 50.0. The highest BCUT2D eigenvalue weighted by Gasteiger charge is 2.24. The predicted octanol–water partition coefficient (Wildman–Crippen LogP) is 2.14. The summed E-state index contributed by atoms with van der Waals surface area (Å²) in [6.07, 6.45) is 1.99. The first kappa shape index (κ1) is 21.3. The Morgan fingerprint density at radius 2 is 1.53 bits per heavy atom. The zero-order valence-electron chi connectivity index (χ0n) is 17.8. The van der Waals surface area contributed by atoms with E-state index in [1.807, 2.05) is 30.3 Å². The SMILES string of the molecule is CC(=O)Nc1ccc(NC(=O)Cn2c3c(c(=O)n(Cc4ccccc4)c2=O)CCC3)cc1. The minimum Gasteiger partial charge on any atom is -0.326 e. The first-order valence-corrected chi connectivity index (χ1v) is 10.5. The van der Waals surface area contributed by atoms with E-state index in [4.69, 9.17) is 0 Å². The maximum Gasteiger partial charge on any atom is 0.331 e. The monoisotopic (exact) mass is 432 g/mol. The van der Waals surface area contributed by atoms with E-state index in [-0.39, 0.29) is 30.5 Å². The third-order valence-electron chi connectivity index (χ3n) is 5.45. The van der Waals surface area contributed by atoms with Crippen LogP contribution in [-0.4, -0.2) is 20.9 Å². The molecule has 3 aromatic rings. The summed E-state index contributed by atoms with van der Waals surface area (Å²) in [7, 11) is 0. The second-order valence-corrected chi connectivity index (χ2v) is 7.83. The van der Waals surface area contributed by atoms with Gasteiger partial charge in [-0.2, -0.15) is 0 Å². The van der Waals surface area contributed by atoms with Gasteiger partial charge in [-0.25, -0.2) is 4.79 Å². The second kappa shape index (κ2) is 9.05. The minimum atomic E-state index is -0.476. The number of aromatic nitrogens is 2. The van der Waals surface area contributed by atoms with E-state index >= 15 is 0 Å². The van der Waals surface area contributed by atoms with Gasteiger partial charge in [0.2, 0.25) is 11.8 Å². The van der Waals surface area contributed by atoms with Gasteiger partial charge in [0.15, 0.2) is 0 Å². The van der Waals surface area contributed by atoms with Gasteiger partial charge in [-0.05, 0) is 49.1 Å². The lowest BCUT2D eigenvalue weighted by molar-refractivity contribution is -0.117. The first-order chi connectivity index (χ1) is 15.4. The summed E-state index contributed by atoms with van der Waals surface area (Å²) in [5.74, 6) is -0.543. The van der Waals surface area contributed by atoms with Crippen LogP contribution in [0.5, 0.6) is 0 Å². The van der Waals surface area contributed by atoms with Gasteiger partial charge in [0.1, 0.15) is 6.54 Å². The van der Waals surface area contributed by atoms with Crippen LogP contribution in [0.4, 0.5) is 11.4 Å². The molecular formula is C24H24N4O4. The van der Waals surface area contributed by atoms with Gasteiger partial charge in [0.05, 0.1) is 6.54 Å². The fraction of sp³-hybridized carbons (Fsp3) is 0.250. The lowest BCUT2D eigenvalue weighted by atomic mass is 10.2. The molecule has 0 aliphatic heterocycles. The van der Waals surface area contributed by atoms with Crippen LogP contribution in [0.2, 0.25) is 0 Å². The molecule has 1 aliphatic rings. The number of hydrogen-bond acceptors (Lipinski definition) is 4. The van der Waals surface area contributed by atoms with Crippen LogP contribution in [0.1, 0.15) is 30.2 Å². The van der Waals surface area contributed by atoms with E-state index in [0.717, 1.165) is 12.0 Å². The molecule has 1 heterocycles. The molecule has 1 aromatic heterocycles. The third-order valence-corrected chi connectivity index (χ3v) is 5.45. The Hall–Kier alpha value is -3.94. The zero-order valence-corrected chi connectivity index (χ0v) is 17.8. The molecule has 2 aromatic carbocycles. The molecule has 0 radical (unpaired) electrons. The lowest BCUT2D eigenvalue weighted by Gasteiger charge is -2.16. The van der Waals surface area contributed by atoms with Crippen molar-refractivity contribution in [3.8, 4) is 0 Å². The predicted molar refractivity (Wildman–Crippen MR) is 122 cm³/mol. The summed E-state index contributed by atoms with van der Waals surface area (Å²) >= 11 is 0. The highest BCUT2D eigenvalue weighted by atomic mass is 16.2. The van der Waals surface area contributed by atoms with Crippen molar-refractivity contribution in [3.05, 3.63) is 92.3 Å². The molecule has 1 aliphatic carbocycles. The summed E-state index contributed by atoms with van der Waals surface area (Å²) in [6, 6.07) is 16.0. The molecule has 164 valence electrons. The molecule has 2 amide bonds. The minimum absolute atomic E-state index is 0.165. The Kier molecular flexibility index (Phi) is 6.02. The van der Waals surface area contributed by atoms with Gasteiger partial charge in [-0.3, -0.25) is 23.5 Å². The first-order valence-electron chi connectivity index (χ1n) is 10.5.